The average molecular weight is 412 g/mol. The van der Waals surface area contributed by atoms with E-state index in [9.17, 15) is 9.59 Å². The Kier molecular flexibility index (Phi) is 4.49. The van der Waals surface area contributed by atoms with Gasteiger partial charge in [0.25, 0.3) is 11.5 Å². The summed E-state index contributed by atoms with van der Waals surface area (Å²) in [7, 11) is 0. The molecule has 0 atom stereocenters. The van der Waals surface area contributed by atoms with E-state index in [1.807, 2.05) is 36.4 Å². The molecule has 0 unspecified atom stereocenters. The molecule has 5 rings (SSSR count). The summed E-state index contributed by atoms with van der Waals surface area (Å²) < 4.78 is 1.30. The number of rotatable bonds is 4. The Bertz CT molecular complexity index is 1400. The second-order valence-electron chi connectivity index (χ2n) is 6.71. The third kappa shape index (κ3) is 3.21. The largest absolute Gasteiger partial charge is 0.322 e. The number of fused-ring (bicyclic) bond motifs is 1. The molecule has 5 aromatic rings. The van der Waals surface area contributed by atoms with Crippen LogP contribution in [0.5, 0.6) is 0 Å². The maximum Gasteiger partial charge on any atom is 0.285 e. The van der Waals surface area contributed by atoms with Gasteiger partial charge in [-0.15, -0.1) is 11.3 Å². The summed E-state index contributed by atoms with van der Waals surface area (Å²) in [4.78, 5) is 30.8. The van der Waals surface area contributed by atoms with Crippen LogP contribution in [0.15, 0.2) is 89.3 Å². The number of anilines is 1. The van der Waals surface area contributed by atoms with Crippen molar-refractivity contribution in [1.82, 2.24) is 14.6 Å². The van der Waals surface area contributed by atoms with Gasteiger partial charge in [-0.1, -0.05) is 48.5 Å². The van der Waals surface area contributed by atoms with Crippen LogP contribution < -0.4 is 10.9 Å². The van der Waals surface area contributed by atoms with E-state index in [1.165, 1.54) is 10.7 Å². The molecule has 3 heterocycles. The first-order chi connectivity index (χ1) is 14.7. The van der Waals surface area contributed by atoms with E-state index < -0.39 is 11.5 Å². The van der Waals surface area contributed by atoms with Crippen molar-refractivity contribution in [1.29, 1.82) is 0 Å². The number of nitrogens with zero attached hydrogens (tertiary/aromatic N) is 2. The molecular formula is C23H16N4O2S. The van der Waals surface area contributed by atoms with Gasteiger partial charge in [-0.2, -0.15) is 0 Å². The fourth-order valence-corrected chi connectivity index (χ4v) is 4.21. The van der Waals surface area contributed by atoms with Gasteiger partial charge in [0.2, 0.25) is 0 Å². The number of carbonyl (C=O) groups excluding carboxylic acids is 1. The molecule has 6 nitrogen and oxygen atoms in total. The van der Waals surface area contributed by atoms with Gasteiger partial charge in [0.15, 0.2) is 5.65 Å². The number of aromatic nitrogens is 3. The zero-order valence-electron chi connectivity index (χ0n) is 15.7. The van der Waals surface area contributed by atoms with Crippen molar-refractivity contribution in [2.45, 2.75) is 0 Å². The third-order valence-electron chi connectivity index (χ3n) is 4.79. The Morgan fingerprint density at radius 1 is 1.00 bits per heavy atom. The molecule has 0 aliphatic heterocycles. The summed E-state index contributed by atoms with van der Waals surface area (Å²) in [5, 5.41) is 7.73. The molecule has 0 aliphatic rings. The van der Waals surface area contributed by atoms with Gasteiger partial charge in [-0.05, 0) is 34.7 Å². The molecule has 0 spiro atoms. The number of carbonyl (C=O) groups is 1. The van der Waals surface area contributed by atoms with E-state index in [0.717, 1.165) is 21.6 Å². The van der Waals surface area contributed by atoms with Crippen LogP contribution in [0.4, 0.5) is 5.69 Å². The van der Waals surface area contributed by atoms with E-state index in [4.69, 9.17) is 0 Å². The minimum atomic E-state index is -0.494. The third-order valence-corrected chi connectivity index (χ3v) is 5.75. The number of aromatic amines is 1. The van der Waals surface area contributed by atoms with Gasteiger partial charge < -0.3 is 5.32 Å². The highest BCUT2D eigenvalue weighted by molar-refractivity contribution is 7.14. The molecule has 2 N–H and O–H groups in total. The van der Waals surface area contributed by atoms with Gasteiger partial charge in [0.1, 0.15) is 5.56 Å². The van der Waals surface area contributed by atoms with E-state index in [2.05, 4.69) is 39.0 Å². The van der Waals surface area contributed by atoms with Crippen molar-refractivity contribution in [2.75, 3.05) is 5.32 Å². The first-order valence-electron chi connectivity index (χ1n) is 9.30. The lowest BCUT2D eigenvalue weighted by molar-refractivity contribution is 0.102. The molecule has 0 fully saturated rings. The molecule has 0 radical (unpaired) electrons. The monoisotopic (exact) mass is 412 g/mol. The molecule has 30 heavy (non-hydrogen) atoms. The number of hydrogen-bond donors (Lipinski definition) is 2. The van der Waals surface area contributed by atoms with Crippen molar-refractivity contribution in [3.8, 4) is 21.6 Å². The molecule has 2 aromatic carbocycles. The highest BCUT2D eigenvalue weighted by Crippen LogP contribution is 2.33. The maximum atomic E-state index is 12.9. The van der Waals surface area contributed by atoms with Crippen molar-refractivity contribution < 1.29 is 4.79 Å². The number of hydrogen-bond acceptors (Lipinski definition) is 4. The molecule has 7 heteroatoms. The van der Waals surface area contributed by atoms with Crippen molar-refractivity contribution in [3.63, 3.8) is 0 Å². The van der Waals surface area contributed by atoms with E-state index in [0.29, 0.717) is 11.3 Å². The van der Waals surface area contributed by atoms with Crippen molar-refractivity contribution in [2.24, 2.45) is 0 Å². The highest BCUT2D eigenvalue weighted by atomic mass is 32.1. The molecule has 3 aromatic heterocycles. The molecule has 1 amide bonds. The van der Waals surface area contributed by atoms with Gasteiger partial charge in [-0.3, -0.25) is 14.7 Å². The fraction of sp³-hybridized carbons (Fsp3) is 0. The fourth-order valence-electron chi connectivity index (χ4n) is 3.28. The first kappa shape index (κ1) is 18.1. The molecule has 0 saturated heterocycles. The Labute approximate surface area is 175 Å². The highest BCUT2D eigenvalue weighted by Gasteiger charge is 2.17. The lowest BCUT2D eigenvalue weighted by Crippen LogP contribution is -2.26. The van der Waals surface area contributed by atoms with Crippen LogP contribution in [0.1, 0.15) is 10.4 Å². The van der Waals surface area contributed by atoms with Crippen LogP contribution in [0.2, 0.25) is 0 Å². The standard InChI is InChI=1S/C23H16N4O2S/c28-22(26-17-9-5-2-6-10-17)19-12-24-21-18(13-25-27(21)23(19)29)20-11-16(14-30-20)15-7-3-1-4-8-15/h1-14,25H,(H,26,28). The number of amides is 1. The minimum absolute atomic E-state index is 0.0269. The number of thiophene rings is 1. The zero-order chi connectivity index (χ0) is 20.5. The van der Waals surface area contributed by atoms with Crippen molar-refractivity contribution >= 4 is 28.6 Å². The Balaban J connectivity index is 1.50. The van der Waals surface area contributed by atoms with Crippen LogP contribution in [0, 0.1) is 0 Å². The predicted molar refractivity (Wildman–Crippen MR) is 119 cm³/mol. The lowest BCUT2D eigenvalue weighted by Gasteiger charge is -2.04. The summed E-state index contributed by atoms with van der Waals surface area (Å²) in [6.07, 6.45) is 3.07. The molecule has 0 saturated carbocycles. The second kappa shape index (κ2) is 7.46. The zero-order valence-corrected chi connectivity index (χ0v) is 16.5. The van der Waals surface area contributed by atoms with E-state index >= 15 is 0 Å². The smallest absolute Gasteiger partial charge is 0.285 e. The van der Waals surface area contributed by atoms with Gasteiger partial charge >= 0.3 is 0 Å². The Hall–Kier alpha value is -3.97. The molecule has 0 aliphatic carbocycles. The topological polar surface area (TPSA) is 79.3 Å². The molecular weight excluding hydrogens is 396 g/mol. The summed E-state index contributed by atoms with van der Waals surface area (Å²) in [5.74, 6) is -0.494. The molecule has 0 bridgehead atoms. The molecule has 146 valence electrons. The van der Waals surface area contributed by atoms with Crippen LogP contribution >= 0.6 is 11.3 Å². The van der Waals surface area contributed by atoms with Crippen LogP contribution in [-0.4, -0.2) is 20.5 Å². The maximum absolute atomic E-state index is 12.9. The average Bonchev–Trinajstić information content (AvgIpc) is 3.43. The van der Waals surface area contributed by atoms with E-state index in [1.54, 1.807) is 29.7 Å². The van der Waals surface area contributed by atoms with Crippen LogP contribution in [0.3, 0.4) is 0 Å². The minimum Gasteiger partial charge on any atom is -0.322 e. The van der Waals surface area contributed by atoms with Crippen LogP contribution in [-0.2, 0) is 0 Å². The van der Waals surface area contributed by atoms with Gasteiger partial charge in [0.05, 0.1) is 5.56 Å². The SMILES string of the molecule is O=C(Nc1ccccc1)c1cnc2c(-c3cc(-c4ccccc4)cs3)c[nH]n2c1=O. The first-order valence-corrected chi connectivity index (χ1v) is 10.2. The van der Waals surface area contributed by atoms with Crippen LogP contribution in [0.25, 0.3) is 27.2 Å². The quantitative estimate of drug-likeness (QED) is 0.450. The second-order valence-corrected chi connectivity index (χ2v) is 7.62. The summed E-state index contributed by atoms with van der Waals surface area (Å²) >= 11 is 1.58. The number of H-pyrrole nitrogens is 1. The van der Waals surface area contributed by atoms with Gasteiger partial charge in [0, 0.05) is 23.0 Å². The normalized spacial score (nSPS) is 10.9. The number of para-hydroxylation sites is 1. The Morgan fingerprint density at radius 2 is 1.73 bits per heavy atom. The number of benzene rings is 2. The Morgan fingerprint density at radius 3 is 2.50 bits per heavy atom. The summed E-state index contributed by atoms with van der Waals surface area (Å²) in [6.45, 7) is 0. The summed E-state index contributed by atoms with van der Waals surface area (Å²) in [5.41, 5.74) is 3.68. The lowest BCUT2D eigenvalue weighted by atomic mass is 10.1. The van der Waals surface area contributed by atoms with E-state index in [-0.39, 0.29) is 5.56 Å². The van der Waals surface area contributed by atoms with Gasteiger partial charge in [-0.25, -0.2) is 9.50 Å². The predicted octanol–water partition coefficient (Wildman–Crippen LogP) is 4.67. The number of nitrogens with one attached hydrogen (secondary N) is 2. The summed E-state index contributed by atoms with van der Waals surface area (Å²) in [6, 6.07) is 21.2. The van der Waals surface area contributed by atoms with Crippen molar-refractivity contribution in [3.05, 3.63) is 100 Å².